The minimum atomic E-state index is -0.768. The molecule has 1 N–H and O–H groups in total. The molecule has 28 heavy (non-hydrogen) atoms. The molecule has 0 saturated carbocycles. The van der Waals surface area contributed by atoms with E-state index in [0.29, 0.717) is 10.7 Å². The monoisotopic (exact) mass is 432 g/mol. The van der Waals surface area contributed by atoms with Gasteiger partial charge in [0.05, 0.1) is 15.9 Å². The van der Waals surface area contributed by atoms with Crippen LogP contribution in [-0.2, 0) is 7.05 Å². The molecule has 7 nitrogen and oxygen atoms in total. The second kappa shape index (κ2) is 7.08. The summed E-state index contributed by atoms with van der Waals surface area (Å²) >= 11 is 9.07. The Morgan fingerprint density at radius 3 is 2.64 bits per heavy atom. The van der Waals surface area contributed by atoms with Crippen LogP contribution in [0.2, 0.25) is 5.02 Å². The average molecular weight is 433 g/mol. The summed E-state index contributed by atoms with van der Waals surface area (Å²) in [5.74, 6) is 0. The number of aromatic nitrogens is 4. The molecule has 0 unspecified atom stereocenters. The van der Waals surface area contributed by atoms with E-state index in [-0.39, 0.29) is 0 Å². The third-order valence-corrected chi connectivity index (χ3v) is 6.64. The molecule has 0 aliphatic heterocycles. The molecule has 4 rings (SSSR count). The highest BCUT2D eigenvalue weighted by Gasteiger charge is 2.12. The zero-order chi connectivity index (χ0) is 20.0. The van der Waals surface area contributed by atoms with E-state index in [9.17, 15) is 14.4 Å². The van der Waals surface area contributed by atoms with Crippen molar-refractivity contribution in [2.24, 2.45) is 7.05 Å². The maximum Gasteiger partial charge on any atom is 0.340 e. The Kier molecular flexibility index (Phi) is 4.74. The minimum absolute atomic E-state index is 0.389. The van der Waals surface area contributed by atoms with E-state index in [2.05, 4.69) is 9.97 Å². The van der Waals surface area contributed by atoms with E-state index in [1.165, 1.54) is 18.8 Å². The SMILES string of the molecule is Cc1cc(-n2c(=O)[nH]c(=O)n(C)c2=O)ccc1Sc1nc2ccc(Cl)cc2s1. The predicted octanol–water partition coefficient (Wildman–Crippen LogP) is 2.95. The molecule has 0 fully saturated rings. The quantitative estimate of drug-likeness (QED) is 0.537. The lowest BCUT2D eigenvalue weighted by atomic mass is 10.2. The van der Waals surface area contributed by atoms with Crippen molar-refractivity contribution >= 4 is 44.9 Å². The van der Waals surface area contributed by atoms with Crippen molar-refractivity contribution in [1.82, 2.24) is 19.1 Å². The lowest BCUT2D eigenvalue weighted by Gasteiger charge is -2.09. The molecule has 0 bridgehead atoms. The van der Waals surface area contributed by atoms with Gasteiger partial charge in [0.1, 0.15) is 0 Å². The fourth-order valence-electron chi connectivity index (χ4n) is 2.68. The second-order valence-corrected chi connectivity index (χ2v) is 8.81. The van der Waals surface area contributed by atoms with Gasteiger partial charge in [-0.25, -0.2) is 28.5 Å². The average Bonchev–Trinajstić information content (AvgIpc) is 3.03. The molecule has 0 aliphatic carbocycles. The van der Waals surface area contributed by atoms with Crippen molar-refractivity contribution in [1.29, 1.82) is 0 Å². The second-order valence-electron chi connectivity index (χ2n) is 6.06. The molecule has 0 aliphatic rings. The molecule has 0 saturated heterocycles. The maximum atomic E-state index is 12.3. The van der Waals surface area contributed by atoms with Gasteiger partial charge in [0.25, 0.3) is 0 Å². The van der Waals surface area contributed by atoms with Crippen LogP contribution >= 0.6 is 34.7 Å². The number of rotatable bonds is 3. The number of benzene rings is 2. The number of hydrogen-bond donors (Lipinski definition) is 1. The molecule has 2 aromatic carbocycles. The zero-order valence-electron chi connectivity index (χ0n) is 14.7. The van der Waals surface area contributed by atoms with Crippen LogP contribution in [0.5, 0.6) is 0 Å². The van der Waals surface area contributed by atoms with Crippen LogP contribution in [0.4, 0.5) is 0 Å². The first-order valence-corrected chi connectivity index (χ1v) is 10.1. The fourth-order valence-corrected chi connectivity index (χ4v) is 5.05. The number of fused-ring (bicyclic) bond motifs is 1. The Labute approximate surface area is 171 Å². The highest BCUT2D eigenvalue weighted by molar-refractivity contribution is 8.01. The molecule has 0 atom stereocenters. The van der Waals surface area contributed by atoms with Gasteiger partial charge in [-0.1, -0.05) is 23.4 Å². The van der Waals surface area contributed by atoms with Gasteiger partial charge in [-0.3, -0.25) is 4.98 Å². The first-order valence-electron chi connectivity index (χ1n) is 8.11. The number of nitrogens with zero attached hydrogens (tertiary/aromatic N) is 3. The van der Waals surface area contributed by atoms with E-state index in [1.54, 1.807) is 29.5 Å². The summed E-state index contributed by atoms with van der Waals surface area (Å²) in [5, 5.41) is 0.668. The molecule has 10 heteroatoms. The van der Waals surface area contributed by atoms with Crippen molar-refractivity contribution in [2.45, 2.75) is 16.2 Å². The van der Waals surface area contributed by atoms with E-state index >= 15 is 0 Å². The summed E-state index contributed by atoms with van der Waals surface area (Å²) in [6, 6.07) is 10.8. The smallest absolute Gasteiger partial charge is 0.258 e. The van der Waals surface area contributed by atoms with Crippen LogP contribution in [0.15, 0.2) is 60.0 Å². The molecule has 142 valence electrons. The number of thiazole rings is 1. The Morgan fingerprint density at radius 2 is 1.89 bits per heavy atom. The van der Waals surface area contributed by atoms with Crippen LogP contribution in [0.1, 0.15) is 5.56 Å². The molecule has 0 radical (unpaired) electrons. The Morgan fingerprint density at radius 1 is 1.11 bits per heavy atom. The summed E-state index contributed by atoms with van der Waals surface area (Å²) in [4.78, 5) is 43.6. The molecular formula is C18H13ClN4O3S2. The van der Waals surface area contributed by atoms with Crippen LogP contribution in [0.25, 0.3) is 15.9 Å². The van der Waals surface area contributed by atoms with Gasteiger partial charge < -0.3 is 0 Å². The maximum absolute atomic E-state index is 12.3. The van der Waals surface area contributed by atoms with Gasteiger partial charge in [0.2, 0.25) is 0 Å². The highest BCUT2D eigenvalue weighted by atomic mass is 35.5. The van der Waals surface area contributed by atoms with Crippen LogP contribution < -0.4 is 17.1 Å². The summed E-state index contributed by atoms with van der Waals surface area (Å²) in [7, 11) is 1.31. The number of hydrogen-bond acceptors (Lipinski definition) is 6. The predicted molar refractivity (Wildman–Crippen MR) is 111 cm³/mol. The van der Waals surface area contributed by atoms with E-state index in [0.717, 1.165) is 34.1 Å². The lowest BCUT2D eigenvalue weighted by Crippen LogP contribution is -2.47. The van der Waals surface area contributed by atoms with Gasteiger partial charge in [-0.15, -0.1) is 11.3 Å². The number of aryl methyl sites for hydroxylation is 1. The van der Waals surface area contributed by atoms with E-state index < -0.39 is 17.1 Å². The summed E-state index contributed by atoms with van der Waals surface area (Å²) in [6.07, 6.45) is 0. The standard InChI is InChI=1S/C18H13ClN4O3S2/c1-9-7-11(23-16(25)21-15(24)22(2)18(23)26)4-6-13(9)27-17-20-12-5-3-10(19)8-14(12)28-17/h3-8H,1-2H3,(H,21,24,25). The first kappa shape index (κ1) is 18.7. The van der Waals surface area contributed by atoms with Crippen molar-refractivity contribution in [3.63, 3.8) is 0 Å². The van der Waals surface area contributed by atoms with Gasteiger partial charge in [-0.05, 0) is 48.9 Å². The van der Waals surface area contributed by atoms with Gasteiger partial charge in [0, 0.05) is 17.0 Å². The summed E-state index contributed by atoms with van der Waals surface area (Å²) in [6.45, 7) is 1.89. The molecule has 2 heterocycles. The molecular weight excluding hydrogens is 420 g/mol. The Hall–Kier alpha value is -2.62. The third kappa shape index (κ3) is 3.32. The first-order chi connectivity index (χ1) is 13.3. The molecule has 4 aromatic rings. The van der Waals surface area contributed by atoms with Crippen LogP contribution in [0.3, 0.4) is 0 Å². The minimum Gasteiger partial charge on any atom is -0.258 e. The van der Waals surface area contributed by atoms with Gasteiger partial charge in [0.15, 0.2) is 4.34 Å². The Balaban J connectivity index is 1.72. The molecule has 0 spiro atoms. The summed E-state index contributed by atoms with van der Waals surface area (Å²) in [5.41, 5.74) is -0.0622. The third-order valence-electron chi connectivity index (χ3n) is 4.14. The normalized spacial score (nSPS) is 11.2. The molecule has 2 aromatic heterocycles. The number of aromatic amines is 1. The van der Waals surface area contributed by atoms with Crippen molar-refractivity contribution < 1.29 is 0 Å². The van der Waals surface area contributed by atoms with Crippen LogP contribution in [0, 0.1) is 6.92 Å². The van der Waals surface area contributed by atoms with Crippen molar-refractivity contribution in [2.75, 3.05) is 0 Å². The Bertz CT molecular complexity index is 1400. The summed E-state index contributed by atoms with van der Waals surface area (Å²) < 4.78 is 3.66. The lowest BCUT2D eigenvalue weighted by molar-refractivity contribution is 0.660. The topological polar surface area (TPSA) is 89.8 Å². The molecule has 0 amide bonds. The van der Waals surface area contributed by atoms with Crippen molar-refractivity contribution in [3.05, 3.63) is 78.4 Å². The number of halogens is 1. The van der Waals surface area contributed by atoms with Crippen LogP contribution in [-0.4, -0.2) is 19.1 Å². The van der Waals surface area contributed by atoms with Gasteiger partial charge in [-0.2, -0.15) is 0 Å². The van der Waals surface area contributed by atoms with Gasteiger partial charge >= 0.3 is 17.1 Å². The largest absolute Gasteiger partial charge is 0.340 e. The van der Waals surface area contributed by atoms with E-state index in [1.807, 2.05) is 25.1 Å². The highest BCUT2D eigenvalue weighted by Crippen LogP contribution is 2.36. The number of nitrogens with one attached hydrogen (secondary N) is 1. The fraction of sp³-hybridized carbons (Fsp3) is 0.111. The van der Waals surface area contributed by atoms with E-state index in [4.69, 9.17) is 11.6 Å². The van der Waals surface area contributed by atoms with Crippen molar-refractivity contribution in [3.8, 4) is 5.69 Å². The number of H-pyrrole nitrogens is 1. The zero-order valence-corrected chi connectivity index (χ0v) is 17.1.